The lowest BCUT2D eigenvalue weighted by Crippen LogP contribution is -1.98. The molecule has 0 aromatic heterocycles. The summed E-state index contributed by atoms with van der Waals surface area (Å²) in [6, 6.07) is 8.53. The van der Waals surface area contributed by atoms with Crippen LogP contribution in [0.3, 0.4) is 0 Å². The number of aryl methyl sites for hydroxylation is 2. The Bertz CT molecular complexity index is 788. The van der Waals surface area contributed by atoms with Crippen LogP contribution in [0, 0.1) is 13.8 Å². The van der Waals surface area contributed by atoms with E-state index in [0.717, 1.165) is 11.1 Å². The van der Waals surface area contributed by atoms with Crippen LogP contribution in [0.25, 0.3) is 6.08 Å². The predicted octanol–water partition coefficient (Wildman–Crippen LogP) is 3.33. The minimum Gasteiger partial charge on any atom is -0.504 e. The molecule has 0 atom stereocenters. The van der Waals surface area contributed by atoms with Crippen LogP contribution in [-0.2, 0) is 0 Å². The second-order valence-electron chi connectivity index (χ2n) is 5.09. The van der Waals surface area contributed by atoms with Crippen molar-refractivity contribution in [2.24, 2.45) is 0 Å². The lowest BCUT2D eigenvalue weighted by Gasteiger charge is -2.03. The van der Waals surface area contributed by atoms with Crippen molar-refractivity contribution >= 4 is 11.9 Å². The van der Waals surface area contributed by atoms with E-state index in [1.807, 2.05) is 32.0 Å². The van der Waals surface area contributed by atoms with Gasteiger partial charge in [0.25, 0.3) is 0 Å². The summed E-state index contributed by atoms with van der Waals surface area (Å²) in [5, 5.41) is 19.2. The molecule has 0 saturated carbocycles. The van der Waals surface area contributed by atoms with Gasteiger partial charge in [0, 0.05) is 0 Å². The number of aromatic hydroxyl groups is 2. The number of carbonyl (C=O) groups is 1. The molecule has 1 aliphatic heterocycles. The van der Waals surface area contributed by atoms with E-state index in [4.69, 9.17) is 4.74 Å². The molecular formula is C17H14O4. The molecule has 0 bridgehead atoms. The Kier molecular flexibility index (Phi) is 2.94. The van der Waals surface area contributed by atoms with Gasteiger partial charge in [-0.3, -0.25) is 4.79 Å². The summed E-state index contributed by atoms with van der Waals surface area (Å²) in [4.78, 5) is 12.2. The first-order valence-electron chi connectivity index (χ1n) is 6.54. The highest BCUT2D eigenvalue weighted by atomic mass is 16.5. The van der Waals surface area contributed by atoms with Gasteiger partial charge < -0.3 is 14.9 Å². The smallest absolute Gasteiger partial charge is 0.232 e. The fourth-order valence-corrected chi connectivity index (χ4v) is 2.23. The molecule has 0 fully saturated rings. The molecular weight excluding hydrogens is 268 g/mol. The van der Waals surface area contributed by atoms with Crippen LogP contribution in [0.1, 0.15) is 27.0 Å². The number of rotatable bonds is 1. The number of phenolic OH excluding ortho intramolecular Hbond substituents is 2. The van der Waals surface area contributed by atoms with Gasteiger partial charge in [-0.1, -0.05) is 18.2 Å². The number of Topliss-reactive ketones (excluding diaryl/α,β-unsaturated/α-hetero) is 1. The molecule has 0 spiro atoms. The van der Waals surface area contributed by atoms with Gasteiger partial charge in [-0.15, -0.1) is 0 Å². The molecule has 1 heterocycles. The number of hydrogen-bond donors (Lipinski definition) is 2. The Labute approximate surface area is 121 Å². The number of ketones is 1. The zero-order valence-corrected chi connectivity index (χ0v) is 11.7. The maximum atomic E-state index is 12.2. The minimum absolute atomic E-state index is 0.00934. The van der Waals surface area contributed by atoms with Gasteiger partial charge in [0.15, 0.2) is 17.3 Å². The molecule has 4 heteroatoms. The van der Waals surface area contributed by atoms with Gasteiger partial charge in [0.2, 0.25) is 11.5 Å². The van der Waals surface area contributed by atoms with Crippen LogP contribution < -0.4 is 4.74 Å². The van der Waals surface area contributed by atoms with Gasteiger partial charge in [0.1, 0.15) is 0 Å². The summed E-state index contributed by atoms with van der Waals surface area (Å²) in [5.74, 6) is -0.888. The van der Waals surface area contributed by atoms with Crippen molar-refractivity contribution in [1.82, 2.24) is 0 Å². The Hall–Kier alpha value is -2.75. The van der Waals surface area contributed by atoms with E-state index in [1.165, 1.54) is 17.7 Å². The fraction of sp³-hybridized carbons (Fsp3) is 0.118. The lowest BCUT2D eigenvalue weighted by molar-refractivity contribution is 0.101. The third-order valence-electron chi connectivity index (χ3n) is 3.62. The van der Waals surface area contributed by atoms with Crippen molar-refractivity contribution in [2.45, 2.75) is 13.8 Å². The largest absolute Gasteiger partial charge is 0.504 e. The number of carbonyl (C=O) groups excluding carboxylic acids is 1. The first-order chi connectivity index (χ1) is 9.97. The van der Waals surface area contributed by atoms with Gasteiger partial charge >= 0.3 is 0 Å². The average Bonchev–Trinajstić information content (AvgIpc) is 2.76. The molecule has 0 amide bonds. The van der Waals surface area contributed by atoms with Crippen LogP contribution in [0.15, 0.2) is 36.1 Å². The normalized spacial score (nSPS) is 15.1. The SMILES string of the molecule is Cc1ccc(C=C2Oc3c(ccc(O)c3O)C2=O)cc1C. The number of phenols is 2. The summed E-state index contributed by atoms with van der Waals surface area (Å²) >= 11 is 0. The van der Waals surface area contributed by atoms with Crippen LogP contribution in [0.4, 0.5) is 0 Å². The summed E-state index contributed by atoms with van der Waals surface area (Å²) in [5.41, 5.74) is 3.38. The second kappa shape index (κ2) is 4.66. The molecule has 0 radical (unpaired) electrons. The molecule has 0 saturated heterocycles. The number of allylic oxidation sites excluding steroid dienone is 1. The number of hydrogen-bond acceptors (Lipinski definition) is 4. The van der Waals surface area contributed by atoms with E-state index in [0.29, 0.717) is 0 Å². The molecule has 3 rings (SSSR count). The number of ether oxygens (including phenoxy) is 1. The van der Waals surface area contributed by atoms with Gasteiger partial charge in [-0.25, -0.2) is 0 Å². The summed E-state index contributed by atoms with van der Waals surface area (Å²) in [7, 11) is 0. The standard InChI is InChI=1S/C17H14O4/c1-9-3-4-11(7-10(9)2)8-14-15(19)12-5-6-13(18)16(20)17(12)21-14/h3-8,18,20H,1-2H3. The maximum Gasteiger partial charge on any atom is 0.232 e. The molecule has 106 valence electrons. The van der Waals surface area contributed by atoms with Crippen LogP contribution in [0.5, 0.6) is 17.2 Å². The minimum atomic E-state index is -0.413. The fourth-order valence-electron chi connectivity index (χ4n) is 2.23. The number of benzene rings is 2. The monoisotopic (exact) mass is 282 g/mol. The van der Waals surface area contributed by atoms with E-state index >= 15 is 0 Å². The third kappa shape index (κ3) is 2.14. The topological polar surface area (TPSA) is 66.8 Å². The highest BCUT2D eigenvalue weighted by Gasteiger charge is 2.31. The average molecular weight is 282 g/mol. The van der Waals surface area contributed by atoms with Gasteiger partial charge in [0.05, 0.1) is 5.56 Å². The molecule has 2 N–H and O–H groups in total. The zero-order valence-electron chi connectivity index (χ0n) is 11.7. The second-order valence-corrected chi connectivity index (χ2v) is 5.09. The molecule has 1 aliphatic rings. The Morgan fingerprint density at radius 1 is 1.05 bits per heavy atom. The first-order valence-corrected chi connectivity index (χ1v) is 6.54. The first kappa shape index (κ1) is 13.2. The van der Waals surface area contributed by atoms with E-state index in [1.54, 1.807) is 6.08 Å². The van der Waals surface area contributed by atoms with E-state index in [2.05, 4.69) is 0 Å². The Morgan fingerprint density at radius 2 is 1.81 bits per heavy atom. The van der Waals surface area contributed by atoms with E-state index in [-0.39, 0.29) is 28.6 Å². The van der Waals surface area contributed by atoms with Gasteiger partial charge in [-0.2, -0.15) is 0 Å². The maximum absolute atomic E-state index is 12.2. The van der Waals surface area contributed by atoms with Crippen LogP contribution >= 0.6 is 0 Å². The Morgan fingerprint density at radius 3 is 2.52 bits per heavy atom. The van der Waals surface area contributed by atoms with Crippen molar-refractivity contribution < 1.29 is 19.7 Å². The lowest BCUT2D eigenvalue weighted by atomic mass is 10.0. The predicted molar refractivity (Wildman–Crippen MR) is 78.6 cm³/mol. The van der Waals surface area contributed by atoms with Crippen LogP contribution in [0.2, 0.25) is 0 Å². The third-order valence-corrected chi connectivity index (χ3v) is 3.62. The van der Waals surface area contributed by atoms with Crippen molar-refractivity contribution in [3.05, 3.63) is 58.3 Å². The van der Waals surface area contributed by atoms with Gasteiger partial charge in [-0.05, 0) is 48.7 Å². The molecule has 0 aliphatic carbocycles. The van der Waals surface area contributed by atoms with Crippen molar-refractivity contribution in [1.29, 1.82) is 0 Å². The molecule has 4 nitrogen and oxygen atoms in total. The zero-order chi connectivity index (χ0) is 15.1. The highest BCUT2D eigenvalue weighted by molar-refractivity contribution is 6.15. The molecule has 21 heavy (non-hydrogen) atoms. The number of fused-ring (bicyclic) bond motifs is 1. The van der Waals surface area contributed by atoms with Crippen molar-refractivity contribution in [3.8, 4) is 17.2 Å². The Balaban J connectivity index is 2.02. The quantitative estimate of drug-likeness (QED) is 0.622. The van der Waals surface area contributed by atoms with Crippen molar-refractivity contribution in [3.63, 3.8) is 0 Å². The highest BCUT2D eigenvalue weighted by Crippen LogP contribution is 2.44. The van der Waals surface area contributed by atoms with E-state index < -0.39 is 5.75 Å². The van der Waals surface area contributed by atoms with Crippen LogP contribution in [-0.4, -0.2) is 16.0 Å². The van der Waals surface area contributed by atoms with Crippen molar-refractivity contribution in [2.75, 3.05) is 0 Å². The summed E-state index contributed by atoms with van der Waals surface area (Å²) < 4.78 is 5.41. The summed E-state index contributed by atoms with van der Waals surface area (Å²) in [6.07, 6.45) is 1.63. The summed E-state index contributed by atoms with van der Waals surface area (Å²) in [6.45, 7) is 4.01. The molecule has 2 aromatic carbocycles. The van der Waals surface area contributed by atoms with E-state index in [9.17, 15) is 15.0 Å². The molecule has 0 unspecified atom stereocenters. The molecule has 2 aromatic rings.